The minimum absolute atomic E-state index is 0.469. The molecule has 2 rings (SSSR count). The summed E-state index contributed by atoms with van der Waals surface area (Å²) in [6, 6.07) is 9.37. The lowest BCUT2D eigenvalue weighted by Crippen LogP contribution is -2.11. The highest BCUT2D eigenvalue weighted by Gasteiger charge is 2.06. The Morgan fingerprint density at radius 2 is 2.06 bits per heavy atom. The fourth-order valence-electron chi connectivity index (χ4n) is 1.52. The van der Waals surface area contributed by atoms with Gasteiger partial charge in [0.2, 0.25) is 5.88 Å². The highest BCUT2D eigenvalue weighted by molar-refractivity contribution is 6.30. The van der Waals surface area contributed by atoms with Gasteiger partial charge in [-0.2, -0.15) is 0 Å². The number of aromatic nitrogens is 2. The van der Waals surface area contributed by atoms with Gasteiger partial charge in [-0.25, -0.2) is 4.68 Å². The predicted octanol–water partition coefficient (Wildman–Crippen LogP) is 2.17. The summed E-state index contributed by atoms with van der Waals surface area (Å²) >= 11 is 5.84. The summed E-state index contributed by atoms with van der Waals surface area (Å²) in [6.07, 6.45) is 0. The van der Waals surface area contributed by atoms with E-state index in [1.165, 1.54) is 0 Å². The van der Waals surface area contributed by atoms with E-state index in [2.05, 4.69) is 5.10 Å². The molecule has 5 heteroatoms. The maximum atomic E-state index is 5.84. The van der Waals surface area contributed by atoms with Crippen molar-refractivity contribution in [3.8, 4) is 11.6 Å². The quantitative estimate of drug-likeness (QED) is 0.906. The Labute approximate surface area is 105 Å². The van der Waals surface area contributed by atoms with Gasteiger partial charge in [-0.1, -0.05) is 11.6 Å². The topological polar surface area (TPSA) is 53.1 Å². The first-order valence-electron chi connectivity index (χ1n) is 5.36. The van der Waals surface area contributed by atoms with E-state index in [9.17, 15) is 0 Å². The number of aryl methyl sites for hydroxylation is 1. The summed E-state index contributed by atoms with van der Waals surface area (Å²) in [5.74, 6) is 0.586. The summed E-state index contributed by atoms with van der Waals surface area (Å²) in [6.45, 7) is 2.92. The van der Waals surface area contributed by atoms with Crippen molar-refractivity contribution in [2.75, 3.05) is 13.2 Å². The minimum atomic E-state index is 0.469. The highest BCUT2D eigenvalue weighted by atomic mass is 35.5. The van der Waals surface area contributed by atoms with Gasteiger partial charge in [0.05, 0.1) is 5.69 Å². The van der Waals surface area contributed by atoms with E-state index >= 15 is 0 Å². The van der Waals surface area contributed by atoms with E-state index < -0.39 is 0 Å². The zero-order chi connectivity index (χ0) is 12.3. The fraction of sp³-hybridized carbons (Fsp3) is 0.250. The van der Waals surface area contributed by atoms with Crippen LogP contribution in [0.4, 0.5) is 0 Å². The molecule has 0 aliphatic carbocycles. The third kappa shape index (κ3) is 2.78. The molecule has 0 fully saturated rings. The Bertz CT molecular complexity index is 493. The van der Waals surface area contributed by atoms with Crippen molar-refractivity contribution >= 4 is 11.6 Å². The zero-order valence-corrected chi connectivity index (χ0v) is 10.3. The molecule has 1 aromatic heterocycles. The first-order chi connectivity index (χ1) is 8.20. The molecule has 0 saturated heterocycles. The van der Waals surface area contributed by atoms with E-state index in [0.29, 0.717) is 24.1 Å². The van der Waals surface area contributed by atoms with Crippen LogP contribution in [0.1, 0.15) is 5.69 Å². The number of hydrogen-bond acceptors (Lipinski definition) is 3. The third-order valence-corrected chi connectivity index (χ3v) is 2.56. The Kier molecular flexibility index (Phi) is 3.66. The number of ether oxygens (including phenoxy) is 1. The van der Waals surface area contributed by atoms with Crippen molar-refractivity contribution in [1.29, 1.82) is 0 Å². The van der Waals surface area contributed by atoms with Gasteiger partial charge in [-0.05, 0) is 31.2 Å². The Morgan fingerprint density at radius 1 is 1.35 bits per heavy atom. The van der Waals surface area contributed by atoms with Crippen LogP contribution >= 0.6 is 11.6 Å². The molecule has 4 nitrogen and oxygen atoms in total. The molecule has 2 aromatic rings. The number of benzene rings is 1. The van der Waals surface area contributed by atoms with Gasteiger partial charge < -0.3 is 10.5 Å². The Balaban J connectivity index is 2.26. The number of rotatable bonds is 4. The van der Waals surface area contributed by atoms with E-state index in [-0.39, 0.29) is 0 Å². The molecular weight excluding hydrogens is 238 g/mol. The molecule has 1 aromatic carbocycles. The molecular formula is C12H14ClN3O. The Morgan fingerprint density at radius 3 is 2.71 bits per heavy atom. The monoisotopic (exact) mass is 251 g/mol. The van der Waals surface area contributed by atoms with Crippen LogP contribution in [-0.4, -0.2) is 22.9 Å². The second-order valence-corrected chi connectivity index (χ2v) is 4.09. The smallest absolute Gasteiger partial charge is 0.233 e. The first-order valence-corrected chi connectivity index (χ1v) is 5.74. The van der Waals surface area contributed by atoms with Gasteiger partial charge in [0.15, 0.2) is 0 Å². The number of hydrogen-bond donors (Lipinski definition) is 1. The third-order valence-electron chi connectivity index (χ3n) is 2.30. The molecule has 90 valence electrons. The molecule has 0 atom stereocenters. The van der Waals surface area contributed by atoms with Gasteiger partial charge >= 0.3 is 0 Å². The summed E-state index contributed by atoms with van der Waals surface area (Å²) < 4.78 is 7.19. The second kappa shape index (κ2) is 5.21. The van der Waals surface area contributed by atoms with Gasteiger partial charge in [0.1, 0.15) is 6.61 Å². The highest BCUT2D eigenvalue weighted by Crippen LogP contribution is 2.18. The standard InChI is InChI=1S/C12H14ClN3O/c1-9-8-12(17-7-6-14)15-16(9)11-4-2-10(13)3-5-11/h2-5,8H,6-7,14H2,1H3. The minimum Gasteiger partial charge on any atom is -0.475 e. The average molecular weight is 252 g/mol. The van der Waals surface area contributed by atoms with Crippen molar-refractivity contribution in [1.82, 2.24) is 9.78 Å². The van der Waals surface area contributed by atoms with Gasteiger partial charge in [-0.3, -0.25) is 0 Å². The van der Waals surface area contributed by atoms with E-state index in [4.69, 9.17) is 22.1 Å². The van der Waals surface area contributed by atoms with Crippen LogP contribution in [0.2, 0.25) is 5.02 Å². The first kappa shape index (κ1) is 12.0. The zero-order valence-electron chi connectivity index (χ0n) is 9.56. The van der Waals surface area contributed by atoms with Crippen LogP contribution in [0.25, 0.3) is 5.69 Å². The number of halogens is 1. The average Bonchev–Trinajstić information content (AvgIpc) is 2.69. The maximum Gasteiger partial charge on any atom is 0.233 e. The van der Waals surface area contributed by atoms with Crippen LogP contribution in [0.5, 0.6) is 5.88 Å². The van der Waals surface area contributed by atoms with Crippen molar-refractivity contribution in [3.63, 3.8) is 0 Å². The summed E-state index contributed by atoms with van der Waals surface area (Å²) in [7, 11) is 0. The lowest BCUT2D eigenvalue weighted by Gasteiger charge is -2.03. The SMILES string of the molecule is Cc1cc(OCCN)nn1-c1ccc(Cl)cc1. The van der Waals surface area contributed by atoms with Crippen molar-refractivity contribution in [3.05, 3.63) is 41.0 Å². The summed E-state index contributed by atoms with van der Waals surface area (Å²) in [5, 5.41) is 5.05. The molecule has 0 unspecified atom stereocenters. The molecule has 0 amide bonds. The molecule has 2 N–H and O–H groups in total. The normalized spacial score (nSPS) is 10.5. The van der Waals surface area contributed by atoms with E-state index in [0.717, 1.165) is 11.4 Å². The van der Waals surface area contributed by atoms with E-state index in [1.807, 2.05) is 41.9 Å². The van der Waals surface area contributed by atoms with Crippen LogP contribution < -0.4 is 10.5 Å². The van der Waals surface area contributed by atoms with Crippen LogP contribution in [0.15, 0.2) is 30.3 Å². The van der Waals surface area contributed by atoms with E-state index in [1.54, 1.807) is 0 Å². The van der Waals surface area contributed by atoms with Crippen LogP contribution in [0.3, 0.4) is 0 Å². The lowest BCUT2D eigenvalue weighted by molar-refractivity contribution is 0.313. The molecule has 0 spiro atoms. The summed E-state index contributed by atoms with van der Waals surface area (Å²) in [5.41, 5.74) is 7.33. The fourth-order valence-corrected chi connectivity index (χ4v) is 1.65. The second-order valence-electron chi connectivity index (χ2n) is 3.65. The van der Waals surface area contributed by atoms with Gasteiger partial charge in [0, 0.05) is 23.3 Å². The summed E-state index contributed by atoms with van der Waals surface area (Å²) in [4.78, 5) is 0. The molecule has 17 heavy (non-hydrogen) atoms. The predicted molar refractivity (Wildman–Crippen MR) is 67.9 cm³/mol. The Hall–Kier alpha value is -1.52. The van der Waals surface area contributed by atoms with Crippen molar-refractivity contribution in [2.24, 2.45) is 5.73 Å². The molecule has 0 aliphatic heterocycles. The van der Waals surface area contributed by atoms with Gasteiger partial charge in [-0.15, -0.1) is 5.10 Å². The number of nitrogens with two attached hydrogens (primary N) is 1. The van der Waals surface area contributed by atoms with Crippen LogP contribution in [-0.2, 0) is 0 Å². The largest absolute Gasteiger partial charge is 0.475 e. The van der Waals surface area contributed by atoms with Crippen molar-refractivity contribution in [2.45, 2.75) is 6.92 Å². The molecule has 1 heterocycles. The molecule has 0 saturated carbocycles. The van der Waals surface area contributed by atoms with Crippen molar-refractivity contribution < 1.29 is 4.74 Å². The molecule has 0 bridgehead atoms. The molecule has 0 radical (unpaired) electrons. The molecule has 0 aliphatic rings. The maximum absolute atomic E-state index is 5.84. The number of nitrogens with zero attached hydrogens (tertiary/aromatic N) is 2. The van der Waals surface area contributed by atoms with Gasteiger partial charge in [0.25, 0.3) is 0 Å². The van der Waals surface area contributed by atoms with Crippen LogP contribution in [0, 0.1) is 6.92 Å². The lowest BCUT2D eigenvalue weighted by atomic mass is 10.3.